The number of hydrogen-bond donors (Lipinski definition) is 2. The van der Waals surface area contributed by atoms with E-state index in [-0.39, 0.29) is 21.0 Å². The molecular formula is C21H25N3O6S2. The van der Waals surface area contributed by atoms with E-state index in [0.29, 0.717) is 13.1 Å². The number of carbonyl (C=O) groups is 3. The quantitative estimate of drug-likeness (QED) is 0.586. The zero-order chi connectivity index (χ0) is 23.3. The number of esters is 1. The van der Waals surface area contributed by atoms with Gasteiger partial charge in [-0.05, 0) is 49.4 Å². The number of benzene rings is 1. The van der Waals surface area contributed by atoms with Gasteiger partial charge in [-0.15, -0.1) is 11.3 Å². The zero-order valence-corrected chi connectivity index (χ0v) is 19.2. The van der Waals surface area contributed by atoms with Crippen LogP contribution in [-0.4, -0.2) is 49.7 Å². The summed E-state index contributed by atoms with van der Waals surface area (Å²) in [5.41, 5.74) is 5.44. The number of thiophene rings is 1. The largest absolute Gasteiger partial charge is 0.449 e. The van der Waals surface area contributed by atoms with Crippen molar-refractivity contribution in [3.63, 3.8) is 0 Å². The maximum absolute atomic E-state index is 13.0. The van der Waals surface area contributed by atoms with Crippen molar-refractivity contribution in [1.82, 2.24) is 4.31 Å². The lowest BCUT2D eigenvalue weighted by Crippen LogP contribution is -2.32. The number of ether oxygens (including phenoxy) is 1. The Bertz CT molecular complexity index is 1100. The highest BCUT2D eigenvalue weighted by Gasteiger charge is 2.27. The van der Waals surface area contributed by atoms with E-state index in [9.17, 15) is 22.8 Å². The first-order valence-corrected chi connectivity index (χ1v) is 12.5. The Morgan fingerprint density at radius 2 is 1.81 bits per heavy atom. The number of amides is 2. The molecule has 1 fully saturated rings. The van der Waals surface area contributed by atoms with Crippen LogP contribution < -0.4 is 11.1 Å². The Morgan fingerprint density at radius 1 is 1.12 bits per heavy atom. The molecule has 1 atom stereocenters. The average Bonchev–Trinajstić information content (AvgIpc) is 3.04. The predicted octanol–water partition coefficient (Wildman–Crippen LogP) is 2.60. The fourth-order valence-corrected chi connectivity index (χ4v) is 5.67. The van der Waals surface area contributed by atoms with Gasteiger partial charge < -0.3 is 15.8 Å². The van der Waals surface area contributed by atoms with Gasteiger partial charge in [0.05, 0.1) is 16.0 Å². The van der Waals surface area contributed by atoms with Crippen molar-refractivity contribution < 1.29 is 27.5 Å². The molecule has 2 heterocycles. The van der Waals surface area contributed by atoms with Crippen LogP contribution in [0.2, 0.25) is 0 Å². The summed E-state index contributed by atoms with van der Waals surface area (Å²) in [5.74, 6) is -2.16. The highest BCUT2D eigenvalue weighted by atomic mass is 32.2. The molecule has 11 heteroatoms. The molecule has 0 radical (unpaired) electrons. The molecule has 32 heavy (non-hydrogen) atoms. The van der Waals surface area contributed by atoms with E-state index in [4.69, 9.17) is 10.5 Å². The van der Waals surface area contributed by atoms with Gasteiger partial charge >= 0.3 is 5.97 Å². The first kappa shape index (κ1) is 23.9. The summed E-state index contributed by atoms with van der Waals surface area (Å²) >= 11 is 1.11. The average molecular weight is 480 g/mol. The van der Waals surface area contributed by atoms with Crippen molar-refractivity contribution in [2.75, 3.05) is 18.4 Å². The van der Waals surface area contributed by atoms with Crippen LogP contribution in [0.25, 0.3) is 0 Å². The fourth-order valence-electron chi connectivity index (χ4n) is 3.31. The van der Waals surface area contributed by atoms with Gasteiger partial charge in [0, 0.05) is 13.1 Å². The molecule has 0 unspecified atom stereocenters. The maximum Gasteiger partial charge on any atom is 0.338 e. The molecule has 1 saturated heterocycles. The van der Waals surface area contributed by atoms with Gasteiger partial charge in [0.15, 0.2) is 6.10 Å². The third kappa shape index (κ3) is 5.53. The predicted molar refractivity (Wildman–Crippen MR) is 120 cm³/mol. The van der Waals surface area contributed by atoms with Gasteiger partial charge in [-0.25, -0.2) is 13.2 Å². The highest BCUT2D eigenvalue weighted by molar-refractivity contribution is 7.89. The summed E-state index contributed by atoms with van der Waals surface area (Å²) in [6.07, 6.45) is 2.40. The molecule has 0 saturated carbocycles. The summed E-state index contributed by atoms with van der Waals surface area (Å²) in [7, 11) is -3.73. The van der Waals surface area contributed by atoms with Crippen LogP contribution in [0.1, 0.15) is 53.3 Å². The van der Waals surface area contributed by atoms with Crippen LogP contribution in [0.3, 0.4) is 0 Å². The van der Waals surface area contributed by atoms with Crippen molar-refractivity contribution >= 4 is 44.1 Å². The summed E-state index contributed by atoms with van der Waals surface area (Å²) in [6, 6.07) is 7.08. The smallest absolute Gasteiger partial charge is 0.338 e. The molecule has 1 aromatic carbocycles. The standard InChI is InChI=1S/C21H25N3O6S2/c1-14(19(26)23-20-17(18(22)25)9-12-31-20)30-21(27)15-7-6-8-16(13-15)32(28,29)24-10-4-2-3-5-11-24/h6-9,12-14H,2-5,10-11H2,1H3,(H2,22,25)(H,23,26)/t14-/m0/s1. The number of nitrogens with zero attached hydrogens (tertiary/aromatic N) is 1. The molecule has 0 aliphatic carbocycles. The Morgan fingerprint density at radius 3 is 2.47 bits per heavy atom. The highest BCUT2D eigenvalue weighted by Crippen LogP contribution is 2.24. The summed E-state index contributed by atoms with van der Waals surface area (Å²) in [5, 5.41) is 4.37. The topological polar surface area (TPSA) is 136 Å². The molecule has 2 amide bonds. The molecule has 1 aliphatic rings. The van der Waals surface area contributed by atoms with Crippen LogP contribution >= 0.6 is 11.3 Å². The Kier molecular flexibility index (Phi) is 7.64. The second-order valence-electron chi connectivity index (χ2n) is 7.41. The minimum absolute atomic E-state index is 0.00985. The fraction of sp³-hybridized carbons (Fsp3) is 0.381. The number of rotatable bonds is 7. The maximum atomic E-state index is 13.0. The van der Waals surface area contributed by atoms with E-state index in [2.05, 4.69) is 5.32 Å². The van der Waals surface area contributed by atoms with Gasteiger partial charge in [-0.1, -0.05) is 18.9 Å². The van der Waals surface area contributed by atoms with E-state index < -0.39 is 33.9 Å². The number of sulfonamides is 1. The molecular weight excluding hydrogens is 454 g/mol. The van der Waals surface area contributed by atoms with Crippen LogP contribution in [0, 0.1) is 0 Å². The van der Waals surface area contributed by atoms with Gasteiger partial charge in [0.2, 0.25) is 10.0 Å². The van der Waals surface area contributed by atoms with Crippen molar-refractivity contribution in [2.45, 2.75) is 43.6 Å². The minimum Gasteiger partial charge on any atom is -0.449 e. The Hall–Kier alpha value is -2.76. The van der Waals surface area contributed by atoms with Gasteiger partial charge in [0.25, 0.3) is 11.8 Å². The molecule has 9 nitrogen and oxygen atoms in total. The lowest BCUT2D eigenvalue weighted by atomic mass is 10.2. The molecule has 172 valence electrons. The second kappa shape index (κ2) is 10.2. The van der Waals surface area contributed by atoms with E-state index in [1.165, 1.54) is 41.6 Å². The lowest BCUT2D eigenvalue weighted by Gasteiger charge is -2.20. The van der Waals surface area contributed by atoms with E-state index >= 15 is 0 Å². The third-order valence-electron chi connectivity index (χ3n) is 5.09. The number of primary amides is 1. The number of anilines is 1. The molecule has 1 aliphatic heterocycles. The molecule has 0 bridgehead atoms. The van der Waals surface area contributed by atoms with Crippen molar-refractivity contribution in [2.24, 2.45) is 5.73 Å². The van der Waals surface area contributed by atoms with E-state index in [0.717, 1.165) is 37.0 Å². The molecule has 3 rings (SSSR count). The summed E-state index contributed by atoms with van der Waals surface area (Å²) < 4.78 is 32.6. The zero-order valence-electron chi connectivity index (χ0n) is 17.6. The SMILES string of the molecule is C[C@H](OC(=O)c1cccc(S(=O)(=O)N2CCCCCC2)c1)C(=O)Nc1sccc1C(N)=O. The minimum atomic E-state index is -3.73. The monoisotopic (exact) mass is 479 g/mol. The lowest BCUT2D eigenvalue weighted by molar-refractivity contribution is -0.123. The molecule has 3 N–H and O–H groups in total. The second-order valence-corrected chi connectivity index (χ2v) is 10.3. The number of nitrogens with one attached hydrogen (secondary N) is 1. The Labute approximate surface area is 190 Å². The van der Waals surface area contributed by atoms with Crippen molar-refractivity contribution in [1.29, 1.82) is 0 Å². The van der Waals surface area contributed by atoms with E-state index in [1.54, 1.807) is 5.38 Å². The molecule has 1 aromatic heterocycles. The van der Waals surface area contributed by atoms with Crippen LogP contribution in [0.5, 0.6) is 0 Å². The number of nitrogens with two attached hydrogens (primary N) is 1. The van der Waals surface area contributed by atoms with Gasteiger partial charge in [-0.3, -0.25) is 9.59 Å². The van der Waals surface area contributed by atoms with Crippen molar-refractivity contribution in [3.05, 3.63) is 46.8 Å². The number of hydrogen-bond acceptors (Lipinski definition) is 7. The summed E-state index contributed by atoms with van der Waals surface area (Å²) in [6.45, 7) is 2.27. The third-order valence-corrected chi connectivity index (χ3v) is 7.82. The Balaban J connectivity index is 1.69. The summed E-state index contributed by atoms with van der Waals surface area (Å²) in [4.78, 5) is 36.3. The van der Waals surface area contributed by atoms with Crippen LogP contribution in [-0.2, 0) is 19.6 Å². The van der Waals surface area contributed by atoms with Gasteiger partial charge in [-0.2, -0.15) is 4.31 Å². The number of carbonyl (C=O) groups excluding carboxylic acids is 3. The van der Waals surface area contributed by atoms with E-state index in [1.807, 2.05) is 0 Å². The van der Waals surface area contributed by atoms with Gasteiger partial charge in [0.1, 0.15) is 5.00 Å². The molecule has 2 aromatic rings. The molecule has 0 spiro atoms. The van der Waals surface area contributed by atoms with Crippen LogP contribution in [0.4, 0.5) is 5.00 Å². The van der Waals surface area contributed by atoms with Crippen LogP contribution in [0.15, 0.2) is 40.6 Å². The first-order chi connectivity index (χ1) is 15.2. The van der Waals surface area contributed by atoms with Crippen molar-refractivity contribution in [3.8, 4) is 0 Å². The first-order valence-electron chi connectivity index (χ1n) is 10.2. The normalized spacial score (nSPS) is 16.0.